The molecular weight excluding hydrogens is 253 g/mol. The highest BCUT2D eigenvalue weighted by Crippen LogP contribution is 2.28. The number of hydrogen-bond donors (Lipinski definition) is 1. The van der Waals surface area contributed by atoms with Crippen molar-refractivity contribution in [2.45, 2.75) is 45.2 Å². The molecule has 1 aliphatic rings. The molecule has 1 aromatic rings. The van der Waals surface area contributed by atoms with Gasteiger partial charge in [-0.3, -0.25) is 0 Å². The van der Waals surface area contributed by atoms with E-state index < -0.39 is 0 Å². The van der Waals surface area contributed by atoms with Crippen molar-refractivity contribution in [1.82, 2.24) is 5.32 Å². The minimum Gasteiger partial charge on any atom is -0.310 e. The highest BCUT2D eigenvalue weighted by atomic mass is 35.5. The van der Waals surface area contributed by atoms with Crippen molar-refractivity contribution in [3.8, 4) is 0 Å². The van der Waals surface area contributed by atoms with Crippen LogP contribution >= 0.6 is 23.2 Å². The fraction of sp³-hybridized carbons (Fsp3) is 0.571. The van der Waals surface area contributed by atoms with Crippen molar-refractivity contribution >= 4 is 23.2 Å². The average Bonchev–Trinajstić information content (AvgIpc) is 2.83. The smallest absolute Gasteiger partial charge is 0.0451 e. The summed E-state index contributed by atoms with van der Waals surface area (Å²) in [5.41, 5.74) is 1.09. The summed E-state index contributed by atoms with van der Waals surface area (Å²) in [6.07, 6.45) is 5.48. The lowest BCUT2D eigenvalue weighted by Crippen LogP contribution is -2.31. The van der Waals surface area contributed by atoms with E-state index in [4.69, 9.17) is 23.2 Å². The Kier molecular flexibility index (Phi) is 4.72. The molecule has 0 heterocycles. The lowest BCUT2D eigenvalue weighted by molar-refractivity contribution is 0.380. The number of halogens is 2. The number of benzene rings is 1. The lowest BCUT2D eigenvalue weighted by atomic mass is 9.99. The van der Waals surface area contributed by atoms with Crippen LogP contribution in [0.1, 0.15) is 38.2 Å². The first kappa shape index (κ1) is 13.2. The zero-order valence-corrected chi connectivity index (χ0v) is 11.7. The molecule has 1 saturated carbocycles. The van der Waals surface area contributed by atoms with Gasteiger partial charge in [-0.15, -0.1) is 0 Å². The van der Waals surface area contributed by atoms with Gasteiger partial charge >= 0.3 is 0 Å². The van der Waals surface area contributed by atoms with Gasteiger partial charge in [0.05, 0.1) is 0 Å². The highest BCUT2D eigenvalue weighted by molar-refractivity contribution is 6.33. The molecule has 1 fully saturated rings. The van der Waals surface area contributed by atoms with Crippen molar-refractivity contribution in [3.05, 3.63) is 33.8 Å². The molecule has 1 aromatic carbocycles. The van der Waals surface area contributed by atoms with Crippen LogP contribution in [0.25, 0.3) is 0 Å². The number of nitrogens with one attached hydrogen (secondary N) is 1. The summed E-state index contributed by atoms with van der Waals surface area (Å²) in [6.45, 7) is 3.07. The Morgan fingerprint density at radius 2 is 2.00 bits per heavy atom. The molecule has 0 aliphatic heterocycles. The van der Waals surface area contributed by atoms with Gasteiger partial charge in [0.2, 0.25) is 0 Å². The van der Waals surface area contributed by atoms with E-state index >= 15 is 0 Å². The van der Waals surface area contributed by atoms with Crippen LogP contribution in [0.4, 0.5) is 0 Å². The minimum atomic E-state index is 0.563. The normalized spacial score (nSPS) is 18.5. The van der Waals surface area contributed by atoms with Crippen LogP contribution in [0.5, 0.6) is 0 Å². The summed E-state index contributed by atoms with van der Waals surface area (Å²) in [5.74, 6) is 0.827. The second-order valence-corrected chi connectivity index (χ2v) is 5.79. The van der Waals surface area contributed by atoms with Gasteiger partial charge in [-0.2, -0.15) is 0 Å². The summed E-state index contributed by atoms with van der Waals surface area (Å²) in [6, 6.07) is 6.19. The minimum absolute atomic E-state index is 0.563. The molecule has 0 aromatic heterocycles. The second-order valence-electron chi connectivity index (χ2n) is 4.95. The quantitative estimate of drug-likeness (QED) is 0.840. The second kappa shape index (κ2) is 6.08. The van der Waals surface area contributed by atoms with E-state index in [0.717, 1.165) is 28.1 Å². The Balaban J connectivity index is 1.90. The molecule has 94 valence electrons. The SMILES string of the molecule is CC(NCc1cc(Cl)ccc1Cl)C1CCCC1. The van der Waals surface area contributed by atoms with Gasteiger partial charge in [0, 0.05) is 22.6 Å². The Bertz CT molecular complexity index is 372. The zero-order chi connectivity index (χ0) is 12.3. The molecule has 0 spiro atoms. The van der Waals surface area contributed by atoms with Crippen LogP contribution in [0.2, 0.25) is 10.0 Å². The number of rotatable bonds is 4. The van der Waals surface area contributed by atoms with Crippen molar-refractivity contribution < 1.29 is 0 Å². The monoisotopic (exact) mass is 271 g/mol. The molecule has 17 heavy (non-hydrogen) atoms. The van der Waals surface area contributed by atoms with E-state index in [1.54, 1.807) is 0 Å². The fourth-order valence-electron chi connectivity index (χ4n) is 2.57. The molecule has 1 nitrogen and oxygen atoms in total. The fourth-order valence-corrected chi connectivity index (χ4v) is 2.95. The number of hydrogen-bond acceptors (Lipinski definition) is 1. The van der Waals surface area contributed by atoms with Gasteiger partial charge in [-0.05, 0) is 49.4 Å². The third-order valence-corrected chi connectivity index (χ3v) is 4.33. The van der Waals surface area contributed by atoms with Crippen LogP contribution < -0.4 is 5.32 Å². The molecule has 0 saturated heterocycles. The average molecular weight is 272 g/mol. The van der Waals surface area contributed by atoms with E-state index in [-0.39, 0.29) is 0 Å². The van der Waals surface area contributed by atoms with Crippen LogP contribution in [-0.4, -0.2) is 6.04 Å². The van der Waals surface area contributed by atoms with Crippen molar-refractivity contribution in [2.24, 2.45) is 5.92 Å². The summed E-state index contributed by atoms with van der Waals surface area (Å²) in [5, 5.41) is 5.11. The van der Waals surface area contributed by atoms with E-state index in [1.807, 2.05) is 18.2 Å². The Labute approximate surface area is 114 Å². The maximum atomic E-state index is 6.14. The third-order valence-electron chi connectivity index (χ3n) is 3.73. The molecule has 0 radical (unpaired) electrons. The molecule has 0 amide bonds. The standard InChI is InChI=1S/C14H19Cl2N/c1-10(11-4-2-3-5-11)17-9-12-8-13(15)6-7-14(12)16/h6-8,10-11,17H,2-5,9H2,1H3. The van der Waals surface area contributed by atoms with E-state index in [0.29, 0.717) is 6.04 Å². The summed E-state index contributed by atoms with van der Waals surface area (Å²) >= 11 is 12.1. The van der Waals surface area contributed by atoms with Gasteiger partial charge in [-0.25, -0.2) is 0 Å². The summed E-state index contributed by atoms with van der Waals surface area (Å²) in [4.78, 5) is 0. The van der Waals surface area contributed by atoms with Crippen LogP contribution in [0, 0.1) is 5.92 Å². The van der Waals surface area contributed by atoms with Crippen molar-refractivity contribution in [3.63, 3.8) is 0 Å². The molecule has 1 N–H and O–H groups in total. The topological polar surface area (TPSA) is 12.0 Å². The Morgan fingerprint density at radius 1 is 1.29 bits per heavy atom. The van der Waals surface area contributed by atoms with Gasteiger partial charge in [0.25, 0.3) is 0 Å². The van der Waals surface area contributed by atoms with E-state index in [9.17, 15) is 0 Å². The molecule has 1 unspecified atom stereocenters. The predicted molar refractivity (Wildman–Crippen MR) is 74.7 cm³/mol. The van der Waals surface area contributed by atoms with Gasteiger partial charge in [-0.1, -0.05) is 36.0 Å². The molecule has 3 heteroatoms. The van der Waals surface area contributed by atoms with Crippen LogP contribution in [0.3, 0.4) is 0 Å². The Morgan fingerprint density at radius 3 is 2.71 bits per heavy atom. The van der Waals surface area contributed by atoms with Crippen LogP contribution in [-0.2, 0) is 6.54 Å². The first-order valence-electron chi connectivity index (χ1n) is 6.34. The van der Waals surface area contributed by atoms with Gasteiger partial charge in [0.1, 0.15) is 0 Å². The molecule has 1 atom stereocenters. The maximum Gasteiger partial charge on any atom is 0.0451 e. The van der Waals surface area contributed by atoms with Crippen LogP contribution in [0.15, 0.2) is 18.2 Å². The summed E-state index contributed by atoms with van der Waals surface area (Å²) in [7, 11) is 0. The maximum absolute atomic E-state index is 6.14. The van der Waals surface area contributed by atoms with E-state index in [2.05, 4.69) is 12.2 Å². The van der Waals surface area contributed by atoms with Gasteiger partial charge < -0.3 is 5.32 Å². The Hall–Kier alpha value is -0.240. The molecule has 2 rings (SSSR count). The largest absolute Gasteiger partial charge is 0.310 e. The molecule has 0 bridgehead atoms. The van der Waals surface area contributed by atoms with Crippen molar-refractivity contribution in [2.75, 3.05) is 0 Å². The molecule has 1 aliphatic carbocycles. The molecular formula is C14H19Cl2N. The highest BCUT2D eigenvalue weighted by Gasteiger charge is 2.21. The first-order chi connectivity index (χ1) is 8.16. The van der Waals surface area contributed by atoms with Gasteiger partial charge in [0.15, 0.2) is 0 Å². The summed E-state index contributed by atoms with van der Waals surface area (Å²) < 4.78 is 0. The van der Waals surface area contributed by atoms with Crippen molar-refractivity contribution in [1.29, 1.82) is 0 Å². The third kappa shape index (κ3) is 3.61. The predicted octanol–water partition coefficient (Wildman–Crippen LogP) is 4.66. The lowest BCUT2D eigenvalue weighted by Gasteiger charge is -2.20. The zero-order valence-electron chi connectivity index (χ0n) is 10.2. The van der Waals surface area contributed by atoms with E-state index in [1.165, 1.54) is 25.7 Å². The first-order valence-corrected chi connectivity index (χ1v) is 7.09.